The van der Waals surface area contributed by atoms with Crippen LogP contribution in [0, 0.1) is 12.3 Å². The second-order valence-corrected chi connectivity index (χ2v) is 6.68. The van der Waals surface area contributed by atoms with Crippen LogP contribution in [0.3, 0.4) is 0 Å². The van der Waals surface area contributed by atoms with E-state index in [0.717, 1.165) is 11.4 Å². The molecule has 2 aromatic carbocycles. The van der Waals surface area contributed by atoms with E-state index in [9.17, 15) is 4.79 Å². The number of nitrogens with zero attached hydrogens (tertiary/aromatic N) is 5. The van der Waals surface area contributed by atoms with Crippen molar-refractivity contribution in [3.05, 3.63) is 86.5 Å². The van der Waals surface area contributed by atoms with Crippen LogP contribution >= 0.6 is 11.6 Å². The molecule has 4 rings (SSSR count). The van der Waals surface area contributed by atoms with Gasteiger partial charge in [-0.2, -0.15) is 10.2 Å². The summed E-state index contributed by atoms with van der Waals surface area (Å²) < 4.78 is 1.64. The van der Waals surface area contributed by atoms with Crippen LogP contribution in [-0.4, -0.2) is 20.0 Å². The van der Waals surface area contributed by atoms with Gasteiger partial charge >= 0.3 is 5.56 Å². The first kappa shape index (κ1) is 19.3. The predicted molar refractivity (Wildman–Crippen MR) is 113 cm³/mol. The summed E-state index contributed by atoms with van der Waals surface area (Å²) in [6, 6.07) is 16.6. The fourth-order valence-corrected chi connectivity index (χ4v) is 2.93. The Balaban J connectivity index is 1.75. The van der Waals surface area contributed by atoms with E-state index in [1.54, 1.807) is 16.8 Å². The molecule has 0 bridgehead atoms. The number of hydrogen-bond donors (Lipinski definition) is 4. The molecule has 0 saturated heterocycles. The van der Waals surface area contributed by atoms with Gasteiger partial charge in [0.1, 0.15) is 5.69 Å². The number of anilines is 3. The molecule has 0 spiro atoms. The molecule has 4 N–H and O–H groups in total. The van der Waals surface area contributed by atoms with E-state index in [1.165, 1.54) is 0 Å². The summed E-state index contributed by atoms with van der Waals surface area (Å²) in [4.78, 5) is 11.8. The van der Waals surface area contributed by atoms with E-state index >= 15 is 0 Å². The minimum atomic E-state index is -0.679. The van der Waals surface area contributed by atoms with Gasteiger partial charge in [0.25, 0.3) is 0 Å². The third-order valence-electron chi connectivity index (χ3n) is 4.16. The van der Waals surface area contributed by atoms with Crippen molar-refractivity contribution in [1.29, 1.82) is 5.41 Å². The molecule has 0 fully saturated rings. The zero-order valence-electron chi connectivity index (χ0n) is 15.7. The fourth-order valence-electron chi connectivity index (χ4n) is 2.74. The molecule has 0 amide bonds. The zero-order valence-corrected chi connectivity index (χ0v) is 16.5. The summed E-state index contributed by atoms with van der Waals surface area (Å²) >= 11 is 6.04. The van der Waals surface area contributed by atoms with Gasteiger partial charge in [-0.15, -0.1) is 10.2 Å². The van der Waals surface area contributed by atoms with Gasteiger partial charge in [-0.1, -0.05) is 35.9 Å². The highest BCUT2D eigenvalue weighted by Crippen LogP contribution is 2.29. The SMILES string of the molecule is Cc1nn(-c2ccccc2)c(N/N=c2/c(=N)nnc2=O)c1NNc1cccc(Cl)c1. The summed E-state index contributed by atoms with van der Waals surface area (Å²) in [5.41, 5.74) is 10.8. The van der Waals surface area contributed by atoms with Crippen molar-refractivity contribution >= 4 is 28.8 Å². The monoisotopic (exact) mass is 421 g/mol. The molecule has 0 unspecified atom stereocenters. The number of para-hydroxylation sites is 1. The van der Waals surface area contributed by atoms with E-state index in [2.05, 4.69) is 36.7 Å². The van der Waals surface area contributed by atoms with Gasteiger partial charge in [0.05, 0.1) is 17.1 Å². The lowest BCUT2D eigenvalue weighted by molar-refractivity contribution is 0.860. The summed E-state index contributed by atoms with van der Waals surface area (Å²) in [5, 5.41) is 23.5. The number of hydrogen-bond acceptors (Lipinski definition) is 9. The van der Waals surface area contributed by atoms with Crippen molar-refractivity contribution in [2.45, 2.75) is 6.92 Å². The standard InChI is InChI=1S/C19H16ClN9O/c1-11-15(23-22-13-7-5-6-12(20)10-13)18(26-24-16-17(21)25-27-19(16)30)29(28-11)14-8-3-2-4-9-14/h2-10,21-23,26H,1H3/b21-17?,24-16-. The molecular formula is C19H16ClN9O. The lowest BCUT2D eigenvalue weighted by atomic mass is 10.3. The minimum absolute atomic E-state index is 0.179. The van der Waals surface area contributed by atoms with Crippen LogP contribution in [-0.2, 0) is 0 Å². The van der Waals surface area contributed by atoms with Crippen LogP contribution < -0.4 is 32.7 Å². The molecule has 0 aliphatic heterocycles. The number of benzene rings is 2. The van der Waals surface area contributed by atoms with Crippen LogP contribution in [0.15, 0.2) is 64.5 Å². The van der Waals surface area contributed by atoms with Gasteiger partial charge in [0, 0.05) is 5.02 Å². The Morgan fingerprint density at radius 2 is 1.87 bits per heavy atom. The molecular weight excluding hydrogens is 406 g/mol. The minimum Gasteiger partial charge on any atom is -0.301 e. The number of hydrazine groups is 1. The van der Waals surface area contributed by atoms with E-state index in [-0.39, 0.29) is 10.8 Å². The molecule has 2 heterocycles. The van der Waals surface area contributed by atoms with Gasteiger partial charge in [-0.25, -0.2) is 4.68 Å². The van der Waals surface area contributed by atoms with Crippen molar-refractivity contribution in [1.82, 2.24) is 20.0 Å². The van der Waals surface area contributed by atoms with Crippen LogP contribution in [0.4, 0.5) is 17.2 Å². The van der Waals surface area contributed by atoms with Crippen molar-refractivity contribution in [3.8, 4) is 5.69 Å². The molecule has 150 valence electrons. The number of aryl methyl sites for hydroxylation is 1. The molecule has 0 aliphatic carbocycles. The normalized spacial score (nSPS) is 11.5. The fraction of sp³-hybridized carbons (Fsp3) is 0.0526. The van der Waals surface area contributed by atoms with E-state index in [0.29, 0.717) is 22.2 Å². The molecule has 0 saturated carbocycles. The molecule has 0 aliphatic rings. The number of nitrogens with one attached hydrogen (secondary N) is 4. The molecule has 2 aromatic heterocycles. The Bertz CT molecular complexity index is 1310. The van der Waals surface area contributed by atoms with Gasteiger partial charge in [0.2, 0.25) is 5.49 Å². The Kier molecular flexibility index (Phi) is 5.22. The van der Waals surface area contributed by atoms with E-state index < -0.39 is 5.56 Å². The average Bonchev–Trinajstić information content (AvgIpc) is 3.24. The first-order valence-electron chi connectivity index (χ1n) is 8.84. The molecule has 10 nitrogen and oxygen atoms in total. The summed E-state index contributed by atoms with van der Waals surface area (Å²) in [6.45, 7) is 1.83. The summed E-state index contributed by atoms with van der Waals surface area (Å²) in [5.74, 6) is 0.452. The maximum absolute atomic E-state index is 11.8. The third kappa shape index (κ3) is 3.89. The Morgan fingerprint density at radius 1 is 1.07 bits per heavy atom. The number of halogens is 1. The topological polar surface area (TPSA) is 133 Å². The molecule has 11 heteroatoms. The summed E-state index contributed by atoms with van der Waals surface area (Å²) in [6.07, 6.45) is 0. The van der Waals surface area contributed by atoms with E-state index in [1.807, 2.05) is 49.4 Å². The van der Waals surface area contributed by atoms with Crippen LogP contribution in [0.1, 0.15) is 5.69 Å². The lowest BCUT2D eigenvalue weighted by Crippen LogP contribution is -2.34. The zero-order chi connectivity index (χ0) is 21.1. The predicted octanol–water partition coefficient (Wildman–Crippen LogP) is 1.71. The van der Waals surface area contributed by atoms with Crippen molar-refractivity contribution in [3.63, 3.8) is 0 Å². The molecule has 0 atom stereocenters. The highest BCUT2D eigenvalue weighted by Gasteiger charge is 2.17. The van der Waals surface area contributed by atoms with Crippen LogP contribution in [0.25, 0.3) is 5.69 Å². The van der Waals surface area contributed by atoms with Gasteiger partial charge in [-0.05, 0) is 37.3 Å². The second-order valence-electron chi connectivity index (χ2n) is 6.24. The maximum Gasteiger partial charge on any atom is 0.319 e. The second kappa shape index (κ2) is 8.13. The third-order valence-corrected chi connectivity index (χ3v) is 4.39. The first-order chi connectivity index (χ1) is 14.5. The molecule has 30 heavy (non-hydrogen) atoms. The van der Waals surface area contributed by atoms with E-state index in [4.69, 9.17) is 17.0 Å². The van der Waals surface area contributed by atoms with Crippen LogP contribution in [0.5, 0.6) is 0 Å². The quantitative estimate of drug-likeness (QED) is 0.348. The van der Waals surface area contributed by atoms with Gasteiger partial charge in [0.15, 0.2) is 11.2 Å². The Morgan fingerprint density at radius 3 is 2.57 bits per heavy atom. The average molecular weight is 422 g/mol. The van der Waals surface area contributed by atoms with Crippen LogP contribution in [0.2, 0.25) is 5.02 Å². The largest absolute Gasteiger partial charge is 0.319 e. The highest BCUT2D eigenvalue weighted by molar-refractivity contribution is 6.30. The Labute approximate surface area is 175 Å². The van der Waals surface area contributed by atoms with Crippen molar-refractivity contribution < 1.29 is 0 Å². The highest BCUT2D eigenvalue weighted by atomic mass is 35.5. The number of aromatic nitrogens is 4. The summed E-state index contributed by atoms with van der Waals surface area (Å²) in [7, 11) is 0. The van der Waals surface area contributed by atoms with Gasteiger partial charge < -0.3 is 5.43 Å². The molecule has 0 radical (unpaired) electrons. The van der Waals surface area contributed by atoms with Gasteiger partial charge in [-0.3, -0.25) is 21.1 Å². The molecule has 4 aromatic rings. The smallest absolute Gasteiger partial charge is 0.301 e. The Hall–Kier alpha value is -4.05. The lowest BCUT2D eigenvalue weighted by Gasteiger charge is -2.12. The maximum atomic E-state index is 11.8. The van der Waals surface area contributed by atoms with Crippen molar-refractivity contribution in [2.75, 3.05) is 16.3 Å². The van der Waals surface area contributed by atoms with Crippen molar-refractivity contribution in [2.24, 2.45) is 5.10 Å². The first-order valence-corrected chi connectivity index (χ1v) is 9.22. The number of rotatable bonds is 6.